The molecule has 1 unspecified atom stereocenters. The first-order valence-electron chi connectivity index (χ1n) is 12.9. The molecule has 4 aromatic rings. The number of hydrogen-bond acceptors (Lipinski definition) is 4. The summed E-state index contributed by atoms with van der Waals surface area (Å²) in [7, 11) is 0. The molecule has 2 heterocycles. The highest BCUT2D eigenvalue weighted by Gasteiger charge is 2.25. The Morgan fingerprint density at radius 2 is 1.74 bits per heavy atom. The zero-order valence-corrected chi connectivity index (χ0v) is 21.6. The highest BCUT2D eigenvalue weighted by atomic mass is 19.1. The number of nitrogen functional groups attached to an aromatic ring is 1. The molecule has 1 aliphatic carbocycles. The van der Waals surface area contributed by atoms with Gasteiger partial charge in [-0.25, -0.2) is 18.2 Å². The Morgan fingerprint density at radius 3 is 2.51 bits per heavy atom. The lowest BCUT2D eigenvalue weighted by Crippen LogP contribution is -2.14. The molecule has 2 aromatic carbocycles. The molecular formula is C32H28F3N3O. The first-order chi connectivity index (χ1) is 18.8. The number of ketones is 1. The standard InChI is InChI=1S/C32H28F3N3O/c1-2-27-14-22(9-10-37-27)29-7-8-31(36)38-32(29)23(11-19-12-25(34)17-26(35)13-19)16-28(39)15-21-4-3-20-5-6-24(33)18-30(20)21/h4-10,12-14,17-18,23H,2-3,11,15-16H2,1H3,(H2,36,38). The van der Waals surface area contributed by atoms with Crippen molar-refractivity contribution in [3.8, 4) is 11.1 Å². The predicted octanol–water partition coefficient (Wildman–Crippen LogP) is 7.02. The number of carbonyl (C=O) groups excluding carboxylic acids is 1. The van der Waals surface area contributed by atoms with Gasteiger partial charge in [0.2, 0.25) is 0 Å². The maximum Gasteiger partial charge on any atom is 0.137 e. The largest absolute Gasteiger partial charge is 0.384 e. The van der Waals surface area contributed by atoms with E-state index in [-0.39, 0.29) is 36.7 Å². The summed E-state index contributed by atoms with van der Waals surface area (Å²) in [5.41, 5.74) is 12.2. The summed E-state index contributed by atoms with van der Waals surface area (Å²) in [5, 5.41) is 0. The summed E-state index contributed by atoms with van der Waals surface area (Å²) >= 11 is 0. The van der Waals surface area contributed by atoms with Gasteiger partial charge in [-0.3, -0.25) is 9.78 Å². The van der Waals surface area contributed by atoms with E-state index in [0.29, 0.717) is 17.7 Å². The average Bonchev–Trinajstić information content (AvgIpc) is 3.29. The van der Waals surface area contributed by atoms with E-state index in [1.807, 2.05) is 31.2 Å². The van der Waals surface area contributed by atoms with Crippen molar-refractivity contribution >= 4 is 17.2 Å². The van der Waals surface area contributed by atoms with Crippen molar-refractivity contribution in [1.82, 2.24) is 9.97 Å². The van der Waals surface area contributed by atoms with E-state index in [1.165, 1.54) is 24.3 Å². The number of rotatable bonds is 9. The normalized spacial score (nSPS) is 13.2. The van der Waals surface area contributed by atoms with Gasteiger partial charge in [0.25, 0.3) is 0 Å². The maximum atomic E-state index is 14.1. The first kappa shape index (κ1) is 26.4. The summed E-state index contributed by atoms with van der Waals surface area (Å²) in [6, 6.07) is 15.4. The molecule has 198 valence electrons. The third kappa shape index (κ3) is 6.08. The fraction of sp³-hybridized carbons (Fsp3) is 0.219. The van der Waals surface area contributed by atoms with Crippen molar-refractivity contribution < 1.29 is 18.0 Å². The van der Waals surface area contributed by atoms with Gasteiger partial charge in [0.1, 0.15) is 29.1 Å². The number of pyridine rings is 2. The molecule has 7 heteroatoms. The van der Waals surface area contributed by atoms with Crippen LogP contribution in [-0.4, -0.2) is 15.8 Å². The molecule has 0 saturated heterocycles. The van der Waals surface area contributed by atoms with Crippen LogP contribution in [0.2, 0.25) is 0 Å². The molecule has 4 nitrogen and oxygen atoms in total. The number of fused-ring (bicyclic) bond motifs is 1. The number of aromatic nitrogens is 2. The lowest BCUT2D eigenvalue weighted by atomic mass is 9.85. The maximum absolute atomic E-state index is 14.1. The SMILES string of the molecule is CCc1cc(-c2ccc(N)nc2C(CC(=O)CC2=CCc3ccc(F)cc32)Cc2cc(F)cc(F)c2)ccn1. The zero-order valence-electron chi connectivity index (χ0n) is 21.6. The van der Waals surface area contributed by atoms with Gasteiger partial charge in [-0.2, -0.15) is 0 Å². The molecule has 1 atom stereocenters. The fourth-order valence-corrected chi connectivity index (χ4v) is 5.26. The number of aryl methyl sites for hydroxylation is 1. The number of Topliss-reactive ketones (excluding diaryl/α,β-unsaturated/α-hetero) is 1. The lowest BCUT2D eigenvalue weighted by Gasteiger charge is -2.21. The Morgan fingerprint density at radius 1 is 0.949 bits per heavy atom. The molecule has 0 aliphatic heterocycles. The molecule has 0 spiro atoms. The Hall–Kier alpha value is -4.26. The van der Waals surface area contributed by atoms with Gasteiger partial charge in [0.05, 0.1) is 5.69 Å². The Kier molecular flexibility index (Phi) is 7.59. The molecule has 5 rings (SSSR count). The van der Waals surface area contributed by atoms with E-state index in [0.717, 1.165) is 46.0 Å². The average molecular weight is 528 g/mol. The summed E-state index contributed by atoms with van der Waals surface area (Å²) in [4.78, 5) is 22.5. The molecule has 39 heavy (non-hydrogen) atoms. The number of nitrogens with zero attached hydrogens (tertiary/aromatic N) is 2. The number of anilines is 1. The van der Waals surface area contributed by atoms with Gasteiger partial charge < -0.3 is 5.73 Å². The molecule has 0 fully saturated rings. The molecule has 0 amide bonds. The number of hydrogen-bond donors (Lipinski definition) is 1. The number of halogens is 3. The van der Waals surface area contributed by atoms with Gasteiger partial charge in [0, 0.05) is 42.3 Å². The summed E-state index contributed by atoms with van der Waals surface area (Å²) in [6.07, 6.45) is 5.43. The molecule has 2 aromatic heterocycles. The van der Waals surface area contributed by atoms with E-state index in [2.05, 4.69) is 9.97 Å². The van der Waals surface area contributed by atoms with Crippen LogP contribution < -0.4 is 5.73 Å². The number of allylic oxidation sites excluding steroid dienone is 2. The van der Waals surface area contributed by atoms with Crippen molar-refractivity contribution in [2.45, 2.75) is 44.9 Å². The molecule has 2 N–H and O–H groups in total. The zero-order chi connectivity index (χ0) is 27.5. The molecule has 0 saturated carbocycles. The second kappa shape index (κ2) is 11.2. The quantitative estimate of drug-likeness (QED) is 0.254. The third-order valence-electron chi connectivity index (χ3n) is 7.08. The molecule has 1 aliphatic rings. The van der Waals surface area contributed by atoms with E-state index in [1.54, 1.807) is 18.3 Å². The number of benzene rings is 2. The van der Waals surface area contributed by atoms with Gasteiger partial charge in [-0.1, -0.05) is 19.1 Å². The van der Waals surface area contributed by atoms with Crippen LogP contribution in [0, 0.1) is 17.5 Å². The third-order valence-corrected chi connectivity index (χ3v) is 7.08. The van der Waals surface area contributed by atoms with Gasteiger partial charge >= 0.3 is 0 Å². The lowest BCUT2D eigenvalue weighted by molar-refractivity contribution is -0.118. The van der Waals surface area contributed by atoms with Crippen molar-refractivity contribution in [2.75, 3.05) is 5.73 Å². The minimum Gasteiger partial charge on any atom is -0.384 e. The monoisotopic (exact) mass is 527 g/mol. The van der Waals surface area contributed by atoms with Crippen molar-refractivity contribution in [2.24, 2.45) is 0 Å². The van der Waals surface area contributed by atoms with Crippen LogP contribution in [0.15, 0.2) is 72.9 Å². The van der Waals surface area contributed by atoms with Gasteiger partial charge in [-0.05, 0) is 95.6 Å². The van der Waals surface area contributed by atoms with Crippen LogP contribution in [0.25, 0.3) is 16.7 Å². The second-order valence-electron chi connectivity index (χ2n) is 9.89. The Balaban J connectivity index is 1.51. The Bertz CT molecular complexity index is 1560. The number of nitrogens with two attached hydrogens (primary N) is 1. The van der Waals surface area contributed by atoms with Crippen LogP contribution in [-0.2, 0) is 24.1 Å². The summed E-state index contributed by atoms with van der Waals surface area (Å²) in [6.45, 7) is 2.01. The summed E-state index contributed by atoms with van der Waals surface area (Å²) < 4.78 is 42.1. The first-order valence-corrected chi connectivity index (χ1v) is 12.9. The number of carbonyl (C=O) groups is 1. The molecule has 0 bridgehead atoms. The second-order valence-corrected chi connectivity index (χ2v) is 9.89. The Labute approximate surface area is 225 Å². The van der Waals surface area contributed by atoms with E-state index in [4.69, 9.17) is 5.73 Å². The smallest absolute Gasteiger partial charge is 0.137 e. The topological polar surface area (TPSA) is 68.9 Å². The van der Waals surface area contributed by atoms with Crippen molar-refractivity contribution in [3.05, 3.63) is 118 Å². The minimum atomic E-state index is -0.688. The van der Waals surface area contributed by atoms with Crippen LogP contribution in [0.3, 0.4) is 0 Å². The van der Waals surface area contributed by atoms with E-state index >= 15 is 0 Å². The minimum absolute atomic E-state index is 0.0648. The summed E-state index contributed by atoms with van der Waals surface area (Å²) in [5.74, 6) is -2.04. The molecule has 0 radical (unpaired) electrons. The van der Waals surface area contributed by atoms with Crippen LogP contribution >= 0.6 is 0 Å². The highest BCUT2D eigenvalue weighted by Crippen LogP contribution is 2.36. The fourth-order valence-electron chi connectivity index (χ4n) is 5.26. The van der Waals surface area contributed by atoms with Crippen LogP contribution in [0.4, 0.5) is 19.0 Å². The van der Waals surface area contributed by atoms with Crippen molar-refractivity contribution in [3.63, 3.8) is 0 Å². The van der Waals surface area contributed by atoms with E-state index < -0.39 is 17.6 Å². The van der Waals surface area contributed by atoms with Gasteiger partial charge in [-0.15, -0.1) is 0 Å². The van der Waals surface area contributed by atoms with Crippen LogP contribution in [0.5, 0.6) is 0 Å². The van der Waals surface area contributed by atoms with E-state index in [9.17, 15) is 18.0 Å². The highest BCUT2D eigenvalue weighted by molar-refractivity contribution is 5.92. The van der Waals surface area contributed by atoms with Crippen molar-refractivity contribution in [1.29, 1.82) is 0 Å². The van der Waals surface area contributed by atoms with Gasteiger partial charge in [0.15, 0.2) is 0 Å². The molecular weight excluding hydrogens is 499 g/mol. The predicted molar refractivity (Wildman–Crippen MR) is 146 cm³/mol. The van der Waals surface area contributed by atoms with Crippen LogP contribution in [0.1, 0.15) is 53.8 Å².